The van der Waals surface area contributed by atoms with Crippen molar-refractivity contribution in [3.8, 4) is 0 Å². The zero-order chi connectivity index (χ0) is 8.81. The van der Waals surface area contributed by atoms with E-state index in [9.17, 15) is 0 Å². The van der Waals surface area contributed by atoms with Crippen molar-refractivity contribution < 1.29 is 0 Å². The van der Waals surface area contributed by atoms with Gasteiger partial charge in [-0.3, -0.25) is 4.68 Å². The summed E-state index contributed by atoms with van der Waals surface area (Å²) in [5.41, 5.74) is 0. The Bertz CT molecular complexity index is 198. The maximum Gasteiger partial charge on any atom is 0.137 e. The van der Waals surface area contributed by atoms with E-state index in [2.05, 4.69) is 17.0 Å². The van der Waals surface area contributed by atoms with E-state index in [4.69, 9.17) is 11.6 Å². The molecule has 0 N–H and O–H groups in total. The van der Waals surface area contributed by atoms with Crippen LogP contribution in [0.15, 0.2) is 12.7 Å². The molecule has 0 bridgehead atoms. The maximum atomic E-state index is 5.62. The molecule has 0 fully saturated rings. The molecule has 0 aromatic carbocycles. The predicted octanol–water partition coefficient (Wildman–Crippen LogP) is 1.93. The molecule has 0 spiro atoms. The fourth-order valence-electron chi connectivity index (χ4n) is 1.03. The number of hydrogen-bond donors (Lipinski definition) is 0. The summed E-state index contributed by atoms with van der Waals surface area (Å²) >= 11 is 5.62. The van der Waals surface area contributed by atoms with Crippen molar-refractivity contribution >= 4 is 11.6 Å². The number of hydrogen-bond acceptors (Lipinski definition) is 2. The second kappa shape index (κ2) is 5.14. The lowest BCUT2D eigenvalue weighted by Gasteiger charge is -2.07. The van der Waals surface area contributed by atoms with Crippen molar-refractivity contribution in [2.75, 3.05) is 5.88 Å². The Morgan fingerprint density at radius 3 is 2.92 bits per heavy atom. The molecular formula is C8H14ClN3. The molecule has 0 aliphatic rings. The summed E-state index contributed by atoms with van der Waals surface area (Å²) in [6, 6.07) is 0. The quantitative estimate of drug-likeness (QED) is 0.660. The zero-order valence-corrected chi connectivity index (χ0v) is 8.04. The first-order chi connectivity index (χ1) is 5.83. The lowest BCUT2D eigenvalue weighted by atomic mass is 10.1. The first kappa shape index (κ1) is 9.52. The zero-order valence-electron chi connectivity index (χ0n) is 7.28. The first-order valence-corrected chi connectivity index (χ1v) is 4.74. The van der Waals surface area contributed by atoms with Gasteiger partial charge in [-0.2, -0.15) is 5.10 Å². The van der Waals surface area contributed by atoms with Crippen LogP contribution in [0.1, 0.15) is 19.8 Å². The van der Waals surface area contributed by atoms with Crippen LogP contribution in [0.25, 0.3) is 0 Å². The van der Waals surface area contributed by atoms with Crippen LogP contribution in [0.4, 0.5) is 0 Å². The van der Waals surface area contributed by atoms with E-state index >= 15 is 0 Å². The van der Waals surface area contributed by atoms with Gasteiger partial charge < -0.3 is 0 Å². The third-order valence-electron chi connectivity index (χ3n) is 1.92. The topological polar surface area (TPSA) is 30.7 Å². The number of rotatable bonds is 5. The van der Waals surface area contributed by atoms with Gasteiger partial charge in [-0.25, -0.2) is 4.98 Å². The molecule has 1 heterocycles. The van der Waals surface area contributed by atoms with E-state index in [1.54, 1.807) is 12.7 Å². The van der Waals surface area contributed by atoms with Gasteiger partial charge in [-0.15, -0.1) is 11.6 Å². The van der Waals surface area contributed by atoms with Gasteiger partial charge in [0.25, 0.3) is 0 Å². The minimum atomic E-state index is 0.673. The largest absolute Gasteiger partial charge is 0.253 e. The van der Waals surface area contributed by atoms with E-state index in [0.717, 1.165) is 25.3 Å². The number of halogens is 1. The minimum Gasteiger partial charge on any atom is -0.253 e. The third-order valence-corrected chi connectivity index (χ3v) is 2.14. The summed E-state index contributed by atoms with van der Waals surface area (Å²) in [7, 11) is 0. The van der Waals surface area contributed by atoms with Gasteiger partial charge in [0.15, 0.2) is 0 Å². The Balaban J connectivity index is 2.17. The Morgan fingerprint density at radius 1 is 1.50 bits per heavy atom. The smallest absolute Gasteiger partial charge is 0.137 e. The molecule has 0 saturated carbocycles. The standard InChI is InChI=1S/C8H14ClN3/c1-8(2-4-9)3-5-12-7-10-6-11-12/h6-8H,2-5H2,1H3. The number of nitrogens with zero attached hydrogens (tertiary/aromatic N) is 3. The molecule has 68 valence electrons. The lowest BCUT2D eigenvalue weighted by Crippen LogP contribution is -2.04. The number of alkyl halides is 1. The highest BCUT2D eigenvalue weighted by molar-refractivity contribution is 6.17. The minimum absolute atomic E-state index is 0.673. The van der Waals surface area contributed by atoms with Gasteiger partial charge in [0.2, 0.25) is 0 Å². The Morgan fingerprint density at radius 2 is 2.33 bits per heavy atom. The molecule has 0 aliphatic carbocycles. The molecule has 1 aromatic rings. The summed E-state index contributed by atoms with van der Waals surface area (Å²) in [5.74, 6) is 1.42. The molecule has 1 aromatic heterocycles. The molecule has 1 unspecified atom stereocenters. The van der Waals surface area contributed by atoms with Gasteiger partial charge in [-0.05, 0) is 18.8 Å². The molecule has 0 aliphatic heterocycles. The number of aryl methyl sites for hydroxylation is 1. The normalized spacial score (nSPS) is 13.2. The van der Waals surface area contributed by atoms with Crippen molar-refractivity contribution in [2.24, 2.45) is 5.92 Å². The van der Waals surface area contributed by atoms with Gasteiger partial charge >= 0.3 is 0 Å². The van der Waals surface area contributed by atoms with Crippen LogP contribution in [-0.4, -0.2) is 20.6 Å². The van der Waals surface area contributed by atoms with Crippen LogP contribution in [0.5, 0.6) is 0 Å². The molecular weight excluding hydrogens is 174 g/mol. The van der Waals surface area contributed by atoms with Crippen molar-refractivity contribution in [3.63, 3.8) is 0 Å². The fraction of sp³-hybridized carbons (Fsp3) is 0.750. The number of aromatic nitrogens is 3. The van der Waals surface area contributed by atoms with Gasteiger partial charge in [0, 0.05) is 12.4 Å². The van der Waals surface area contributed by atoms with Gasteiger partial charge in [0.1, 0.15) is 12.7 Å². The summed E-state index contributed by atoms with van der Waals surface area (Å²) in [6.45, 7) is 3.15. The van der Waals surface area contributed by atoms with E-state index in [-0.39, 0.29) is 0 Å². The molecule has 1 rings (SSSR count). The summed E-state index contributed by atoms with van der Waals surface area (Å²) in [6.07, 6.45) is 5.51. The van der Waals surface area contributed by atoms with Crippen LogP contribution in [0.3, 0.4) is 0 Å². The molecule has 0 saturated heterocycles. The molecule has 0 radical (unpaired) electrons. The molecule has 12 heavy (non-hydrogen) atoms. The summed E-state index contributed by atoms with van der Waals surface area (Å²) < 4.78 is 1.85. The molecule has 4 heteroatoms. The van der Waals surface area contributed by atoms with Crippen LogP contribution < -0.4 is 0 Å². The highest BCUT2D eigenvalue weighted by Gasteiger charge is 2.01. The second-order valence-electron chi connectivity index (χ2n) is 3.03. The Hall–Kier alpha value is -0.570. The highest BCUT2D eigenvalue weighted by atomic mass is 35.5. The monoisotopic (exact) mass is 187 g/mol. The fourth-order valence-corrected chi connectivity index (χ4v) is 1.40. The van der Waals surface area contributed by atoms with Gasteiger partial charge in [-0.1, -0.05) is 6.92 Å². The molecule has 1 atom stereocenters. The van der Waals surface area contributed by atoms with E-state index < -0.39 is 0 Å². The Labute approximate surface area is 77.8 Å². The maximum absolute atomic E-state index is 5.62. The average molecular weight is 188 g/mol. The average Bonchev–Trinajstić information content (AvgIpc) is 2.53. The van der Waals surface area contributed by atoms with Crippen molar-refractivity contribution in [1.29, 1.82) is 0 Å². The van der Waals surface area contributed by atoms with Gasteiger partial charge in [0.05, 0.1) is 0 Å². The molecule has 0 amide bonds. The first-order valence-electron chi connectivity index (χ1n) is 4.21. The van der Waals surface area contributed by atoms with Crippen molar-refractivity contribution in [3.05, 3.63) is 12.7 Å². The van der Waals surface area contributed by atoms with E-state index in [1.807, 2.05) is 4.68 Å². The van der Waals surface area contributed by atoms with Crippen LogP contribution in [0.2, 0.25) is 0 Å². The van der Waals surface area contributed by atoms with Crippen LogP contribution >= 0.6 is 11.6 Å². The van der Waals surface area contributed by atoms with Crippen LogP contribution in [0, 0.1) is 5.92 Å². The van der Waals surface area contributed by atoms with Crippen molar-refractivity contribution in [2.45, 2.75) is 26.3 Å². The lowest BCUT2D eigenvalue weighted by molar-refractivity contribution is 0.450. The highest BCUT2D eigenvalue weighted by Crippen LogP contribution is 2.08. The third kappa shape index (κ3) is 3.22. The molecule has 3 nitrogen and oxygen atoms in total. The van der Waals surface area contributed by atoms with Crippen LogP contribution in [-0.2, 0) is 6.54 Å². The predicted molar refractivity (Wildman–Crippen MR) is 49.1 cm³/mol. The van der Waals surface area contributed by atoms with E-state index in [1.165, 1.54) is 0 Å². The van der Waals surface area contributed by atoms with Crippen molar-refractivity contribution in [1.82, 2.24) is 14.8 Å². The second-order valence-corrected chi connectivity index (χ2v) is 3.41. The van der Waals surface area contributed by atoms with E-state index in [0.29, 0.717) is 5.92 Å². The summed E-state index contributed by atoms with van der Waals surface area (Å²) in [5, 5.41) is 4.02. The summed E-state index contributed by atoms with van der Waals surface area (Å²) in [4.78, 5) is 3.87. The SMILES string of the molecule is CC(CCCl)CCn1cncn1. The Kier molecular flexibility index (Phi) is 4.08.